The minimum atomic E-state index is -3.42. The van der Waals surface area contributed by atoms with Gasteiger partial charge in [-0.2, -0.15) is 4.31 Å². The lowest BCUT2D eigenvalue weighted by molar-refractivity contribution is 0.132. The van der Waals surface area contributed by atoms with Gasteiger partial charge >= 0.3 is 0 Å². The summed E-state index contributed by atoms with van der Waals surface area (Å²) < 4.78 is 53.7. The Bertz CT molecular complexity index is 1000. The number of hydrogen-bond acceptors (Lipinski definition) is 3. The molecule has 0 amide bonds. The summed E-state index contributed by atoms with van der Waals surface area (Å²) in [6.07, 6.45) is 0.119. The molecule has 0 aliphatic heterocycles. The maximum absolute atomic E-state index is 13.7. The van der Waals surface area contributed by atoms with Crippen molar-refractivity contribution in [2.45, 2.75) is 19.6 Å². The molecule has 1 heterocycles. The molecular formula is C18H20F2N2O3S. The Morgan fingerprint density at radius 3 is 2.00 bits per heavy atom. The van der Waals surface area contributed by atoms with Gasteiger partial charge in [0.05, 0.1) is 18.9 Å². The number of sulfonamides is 1. The first-order chi connectivity index (χ1) is 12.2. The van der Waals surface area contributed by atoms with Crippen LogP contribution in [-0.2, 0) is 16.6 Å². The summed E-state index contributed by atoms with van der Waals surface area (Å²) in [5.74, 6) is -0.869. The van der Waals surface area contributed by atoms with Gasteiger partial charge in [0.25, 0.3) is 0 Å². The van der Waals surface area contributed by atoms with Crippen LogP contribution in [0.5, 0.6) is 0 Å². The highest BCUT2D eigenvalue weighted by Crippen LogP contribution is 2.30. The topological polar surface area (TPSA) is 62.5 Å². The highest BCUT2D eigenvalue weighted by Gasteiger charge is 2.21. The van der Waals surface area contributed by atoms with Crippen LogP contribution in [-0.4, -0.2) is 47.8 Å². The fourth-order valence-electron chi connectivity index (χ4n) is 3.25. The summed E-state index contributed by atoms with van der Waals surface area (Å²) in [6.45, 7) is 1.99. The second-order valence-corrected chi connectivity index (χ2v) is 8.28. The predicted molar refractivity (Wildman–Crippen MR) is 97.5 cm³/mol. The van der Waals surface area contributed by atoms with Gasteiger partial charge < -0.3 is 9.67 Å². The summed E-state index contributed by atoms with van der Waals surface area (Å²) in [5.41, 5.74) is 1.29. The largest absolute Gasteiger partial charge is 0.390 e. The predicted octanol–water partition coefficient (Wildman–Crippen LogP) is 2.72. The number of fused-ring (bicyclic) bond motifs is 3. The molecule has 3 aromatic rings. The minimum absolute atomic E-state index is 0.0567. The van der Waals surface area contributed by atoms with Crippen LogP contribution in [0.1, 0.15) is 6.92 Å². The summed E-state index contributed by atoms with van der Waals surface area (Å²) in [5, 5.41) is 11.5. The molecule has 1 unspecified atom stereocenters. The van der Waals surface area contributed by atoms with Gasteiger partial charge in [0.15, 0.2) is 0 Å². The molecule has 0 saturated carbocycles. The van der Waals surface area contributed by atoms with E-state index in [1.165, 1.54) is 28.6 Å². The second-order valence-electron chi connectivity index (χ2n) is 6.30. The molecule has 0 spiro atoms. The minimum Gasteiger partial charge on any atom is -0.390 e. The summed E-state index contributed by atoms with van der Waals surface area (Å²) >= 11 is 0. The molecule has 26 heavy (non-hydrogen) atoms. The number of aromatic nitrogens is 1. The number of rotatable bonds is 6. The molecule has 0 aliphatic carbocycles. The maximum Gasteiger partial charge on any atom is 0.211 e. The molecule has 3 rings (SSSR count). The van der Waals surface area contributed by atoms with Crippen molar-refractivity contribution >= 4 is 31.8 Å². The normalized spacial score (nSPS) is 13.8. The SMILES string of the molecule is CCN(CC(O)Cn1c2ccc(F)cc2c2cc(F)ccc21)S(C)(=O)=O. The average Bonchev–Trinajstić information content (AvgIpc) is 2.84. The highest BCUT2D eigenvalue weighted by atomic mass is 32.2. The van der Waals surface area contributed by atoms with E-state index in [1.54, 1.807) is 23.6 Å². The van der Waals surface area contributed by atoms with Gasteiger partial charge in [0.1, 0.15) is 11.6 Å². The lowest BCUT2D eigenvalue weighted by Crippen LogP contribution is -2.38. The first kappa shape index (κ1) is 18.8. The number of likely N-dealkylation sites (N-methyl/N-ethyl adjacent to an activating group) is 1. The smallest absolute Gasteiger partial charge is 0.211 e. The van der Waals surface area contributed by atoms with Crippen molar-refractivity contribution in [1.29, 1.82) is 0 Å². The number of hydrogen-bond donors (Lipinski definition) is 1. The number of nitrogens with zero attached hydrogens (tertiary/aromatic N) is 2. The van der Waals surface area contributed by atoms with E-state index in [1.807, 2.05) is 0 Å². The third kappa shape index (κ3) is 3.58. The molecule has 140 valence electrons. The van der Waals surface area contributed by atoms with Crippen LogP contribution in [0.25, 0.3) is 21.8 Å². The molecule has 1 aromatic heterocycles. The van der Waals surface area contributed by atoms with Gasteiger partial charge in [-0.1, -0.05) is 6.92 Å². The highest BCUT2D eigenvalue weighted by molar-refractivity contribution is 7.88. The Labute approximate surface area is 150 Å². The fraction of sp³-hybridized carbons (Fsp3) is 0.333. The zero-order chi connectivity index (χ0) is 19.1. The first-order valence-corrected chi connectivity index (χ1v) is 10.1. The van der Waals surface area contributed by atoms with Crippen LogP contribution >= 0.6 is 0 Å². The number of aliphatic hydroxyl groups is 1. The van der Waals surface area contributed by atoms with Crippen LogP contribution in [0.3, 0.4) is 0 Å². The van der Waals surface area contributed by atoms with Gasteiger partial charge in [-0.25, -0.2) is 17.2 Å². The van der Waals surface area contributed by atoms with E-state index in [0.717, 1.165) is 6.26 Å². The van der Waals surface area contributed by atoms with E-state index < -0.39 is 27.8 Å². The molecule has 0 aliphatic rings. The molecule has 1 atom stereocenters. The molecule has 5 nitrogen and oxygen atoms in total. The molecule has 8 heteroatoms. The lowest BCUT2D eigenvalue weighted by atomic mass is 10.1. The Morgan fingerprint density at radius 2 is 1.58 bits per heavy atom. The van der Waals surface area contributed by atoms with Crippen LogP contribution < -0.4 is 0 Å². The van der Waals surface area contributed by atoms with E-state index in [4.69, 9.17) is 0 Å². The van der Waals surface area contributed by atoms with Crippen LogP contribution in [0.4, 0.5) is 8.78 Å². The quantitative estimate of drug-likeness (QED) is 0.713. The van der Waals surface area contributed by atoms with Crippen molar-refractivity contribution in [1.82, 2.24) is 8.87 Å². The molecule has 0 fully saturated rings. The Hall–Kier alpha value is -2.03. The van der Waals surface area contributed by atoms with E-state index in [0.29, 0.717) is 21.8 Å². The van der Waals surface area contributed by atoms with Gasteiger partial charge in [0, 0.05) is 34.9 Å². The van der Waals surface area contributed by atoms with Gasteiger partial charge in [0.2, 0.25) is 10.0 Å². The van der Waals surface area contributed by atoms with Crippen LogP contribution in [0.15, 0.2) is 36.4 Å². The molecule has 0 saturated heterocycles. The average molecular weight is 382 g/mol. The second kappa shape index (κ2) is 6.94. The third-order valence-electron chi connectivity index (χ3n) is 4.42. The first-order valence-electron chi connectivity index (χ1n) is 8.21. The van der Waals surface area contributed by atoms with E-state index in [2.05, 4.69) is 0 Å². The number of aliphatic hydroxyl groups excluding tert-OH is 1. The van der Waals surface area contributed by atoms with E-state index >= 15 is 0 Å². The van der Waals surface area contributed by atoms with Gasteiger partial charge in [-0.15, -0.1) is 0 Å². The Morgan fingerprint density at radius 1 is 1.08 bits per heavy atom. The van der Waals surface area contributed by atoms with Crippen molar-refractivity contribution in [3.63, 3.8) is 0 Å². The summed E-state index contributed by atoms with van der Waals surface area (Å²) in [7, 11) is -3.42. The fourth-order valence-corrected chi connectivity index (χ4v) is 4.16. The maximum atomic E-state index is 13.7. The van der Waals surface area contributed by atoms with Crippen LogP contribution in [0, 0.1) is 11.6 Å². The van der Waals surface area contributed by atoms with Gasteiger partial charge in [-0.05, 0) is 36.4 Å². The van der Waals surface area contributed by atoms with Crippen molar-refractivity contribution in [2.75, 3.05) is 19.3 Å². The molecule has 2 aromatic carbocycles. The molecular weight excluding hydrogens is 362 g/mol. The van der Waals surface area contributed by atoms with Crippen molar-refractivity contribution < 1.29 is 22.3 Å². The molecule has 1 N–H and O–H groups in total. The van der Waals surface area contributed by atoms with Crippen molar-refractivity contribution in [2.24, 2.45) is 0 Å². The third-order valence-corrected chi connectivity index (χ3v) is 5.76. The lowest BCUT2D eigenvalue weighted by Gasteiger charge is -2.22. The summed E-state index contributed by atoms with van der Waals surface area (Å²) in [6, 6.07) is 8.40. The number of benzene rings is 2. The monoisotopic (exact) mass is 382 g/mol. The summed E-state index contributed by atoms with van der Waals surface area (Å²) in [4.78, 5) is 0. The molecule has 0 radical (unpaired) electrons. The van der Waals surface area contributed by atoms with E-state index in [9.17, 15) is 22.3 Å². The Kier molecular flexibility index (Phi) is 5.01. The number of halogens is 2. The van der Waals surface area contributed by atoms with E-state index in [-0.39, 0.29) is 19.6 Å². The zero-order valence-corrected chi connectivity index (χ0v) is 15.3. The van der Waals surface area contributed by atoms with Gasteiger partial charge in [-0.3, -0.25) is 0 Å². The van der Waals surface area contributed by atoms with Crippen molar-refractivity contribution in [3.05, 3.63) is 48.0 Å². The van der Waals surface area contributed by atoms with Crippen molar-refractivity contribution in [3.8, 4) is 0 Å². The Balaban J connectivity index is 2.04. The standard InChI is InChI=1S/C18H20F2N2O3S/c1-3-21(26(2,24)25)10-14(23)11-22-17-6-4-12(19)8-15(17)16-9-13(20)5-7-18(16)22/h4-9,14,23H,3,10-11H2,1-2H3. The zero-order valence-electron chi connectivity index (χ0n) is 14.5. The molecule has 0 bridgehead atoms. The van der Waals surface area contributed by atoms with Crippen LogP contribution in [0.2, 0.25) is 0 Å².